The first-order chi connectivity index (χ1) is 11.1. The average molecular weight is 322 g/mol. The van der Waals surface area contributed by atoms with Crippen LogP contribution in [0.5, 0.6) is 5.75 Å². The molecule has 1 aliphatic carbocycles. The number of hydrogen-bond acceptors (Lipinski definition) is 4. The molecule has 0 aliphatic heterocycles. The maximum atomic E-state index is 12.2. The van der Waals surface area contributed by atoms with E-state index in [4.69, 9.17) is 0 Å². The SMILES string of the molecule is O=C(NCCn1cnnc1C1CC1)c1cccc(OC(F)F)c1. The van der Waals surface area contributed by atoms with Crippen molar-refractivity contribution in [2.24, 2.45) is 0 Å². The van der Waals surface area contributed by atoms with Crippen LogP contribution in [0.3, 0.4) is 0 Å². The molecule has 1 heterocycles. The maximum absolute atomic E-state index is 12.2. The van der Waals surface area contributed by atoms with Crippen LogP contribution in [0.1, 0.15) is 34.9 Å². The molecule has 1 amide bonds. The number of alkyl halides is 2. The summed E-state index contributed by atoms with van der Waals surface area (Å²) >= 11 is 0. The van der Waals surface area contributed by atoms with Crippen LogP contribution < -0.4 is 10.1 Å². The molecule has 0 spiro atoms. The van der Waals surface area contributed by atoms with Gasteiger partial charge in [-0.05, 0) is 31.0 Å². The van der Waals surface area contributed by atoms with E-state index in [9.17, 15) is 13.6 Å². The number of carbonyl (C=O) groups is 1. The Morgan fingerprint density at radius 3 is 3.00 bits per heavy atom. The summed E-state index contributed by atoms with van der Waals surface area (Å²) in [7, 11) is 0. The van der Waals surface area contributed by atoms with Crippen LogP contribution in [0, 0.1) is 0 Å². The molecule has 1 fully saturated rings. The van der Waals surface area contributed by atoms with E-state index in [-0.39, 0.29) is 17.2 Å². The van der Waals surface area contributed by atoms with Gasteiger partial charge in [0.1, 0.15) is 17.9 Å². The molecule has 0 saturated heterocycles. The monoisotopic (exact) mass is 322 g/mol. The highest BCUT2D eigenvalue weighted by molar-refractivity contribution is 5.94. The summed E-state index contributed by atoms with van der Waals surface area (Å²) in [5.41, 5.74) is 0.273. The number of nitrogens with one attached hydrogen (secondary N) is 1. The topological polar surface area (TPSA) is 69.0 Å². The Labute approximate surface area is 131 Å². The molecule has 6 nitrogen and oxygen atoms in total. The van der Waals surface area contributed by atoms with Crippen LogP contribution in [-0.2, 0) is 6.54 Å². The molecule has 1 N–H and O–H groups in total. The van der Waals surface area contributed by atoms with Crippen LogP contribution in [-0.4, -0.2) is 33.8 Å². The molecule has 0 atom stereocenters. The lowest BCUT2D eigenvalue weighted by Gasteiger charge is -2.09. The van der Waals surface area contributed by atoms with Crippen molar-refractivity contribution in [3.63, 3.8) is 0 Å². The number of benzene rings is 1. The average Bonchev–Trinajstić information content (AvgIpc) is 3.26. The number of ether oxygens (including phenoxy) is 1. The van der Waals surface area contributed by atoms with Crippen molar-refractivity contribution in [3.05, 3.63) is 42.0 Å². The number of halogens is 2. The van der Waals surface area contributed by atoms with Gasteiger partial charge in [0.2, 0.25) is 0 Å². The Balaban J connectivity index is 1.53. The summed E-state index contributed by atoms with van der Waals surface area (Å²) in [6.45, 7) is -1.95. The van der Waals surface area contributed by atoms with Gasteiger partial charge < -0.3 is 14.6 Å². The number of amides is 1. The fourth-order valence-electron chi connectivity index (χ4n) is 2.30. The van der Waals surface area contributed by atoms with Crippen LogP contribution in [0.15, 0.2) is 30.6 Å². The van der Waals surface area contributed by atoms with Crippen LogP contribution in [0.25, 0.3) is 0 Å². The normalized spacial score (nSPS) is 14.0. The first-order valence-electron chi connectivity index (χ1n) is 7.34. The van der Waals surface area contributed by atoms with E-state index in [1.54, 1.807) is 12.4 Å². The Hall–Kier alpha value is -2.51. The molecule has 1 saturated carbocycles. The molecule has 1 aliphatic rings. The zero-order valence-electron chi connectivity index (χ0n) is 12.3. The summed E-state index contributed by atoms with van der Waals surface area (Å²) in [5.74, 6) is 1.05. The Kier molecular flexibility index (Phi) is 4.50. The second-order valence-corrected chi connectivity index (χ2v) is 5.32. The first-order valence-corrected chi connectivity index (χ1v) is 7.34. The smallest absolute Gasteiger partial charge is 0.387 e. The fourth-order valence-corrected chi connectivity index (χ4v) is 2.30. The van der Waals surface area contributed by atoms with E-state index in [1.165, 1.54) is 18.2 Å². The molecule has 2 aromatic rings. The number of rotatable bonds is 7. The van der Waals surface area contributed by atoms with Crippen molar-refractivity contribution in [2.45, 2.75) is 31.9 Å². The highest BCUT2D eigenvalue weighted by Crippen LogP contribution is 2.38. The third-order valence-electron chi connectivity index (χ3n) is 3.55. The second kappa shape index (κ2) is 6.72. The van der Waals surface area contributed by atoms with Gasteiger partial charge in [-0.3, -0.25) is 4.79 Å². The molecular weight excluding hydrogens is 306 g/mol. The Bertz CT molecular complexity index is 686. The van der Waals surface area contributed by atoms with Gasteiger partial charge >= 0.3 is 6.61 Å². The molecule has 0 unspecified atom stereocenters. The maximum Gasteiger partial charge on any atom is 0.387 e. The van der Waals surface area contributed by atoms with E-state index >= 15 is 0 Å². The van der Waals surface area contributed by atoms with E-state index in [0.717, 1.165) is 18.7 Å². The van der Waals surface area contributed by atoms with Gasteiger partial charge in [0, 0.05) is 24.6 Å². The minimum Gasteiger partial charge on any atom is -0.435 e. The molecule has 3 rings (SSSR count). The molecular formula is C15H16F2N4O2. The molecule has 0 bridgehead atoms. The Morgan fingerprint density at radius 1 is 1.43 bits per heavy atom. The van der Waals surface area contributed by atoms with Crippen molar-refractivity contribution in [3.8, 4) is 5.75 Å². The molecule has 23 heavy (non-hydrogen) atoms. The molecule has 122 valence electrons. The van der Waals surface area contributed by atoms with Crippen molar-refractivity contribution in [1.29, 1.82) is 0 Å². The Morgan fingerprint density at radius 2 is 2.26 bits per heavy atom. The van der Waals surface area contributed by atoms with Gasteiger partial charge in [0.05, 0.1) is 0 Å². The highest BCUT2D eigenvalue weighted by Gasteiger charge is 2.28. The molecule has 1 aromatic carbocycles. The standard InChI is InChI=1S/C15H16F2N4O2/c16-15(17)23-12-3-1-2-11(8-12)14(22)18-6-7-21-9-19-20-13(21)10-4-5-10/h1-3,8-10,15H,4-7H2,(H,18,22). The third kappa shape index (κ3) is 4.02. The lowest BCUT2D eigenvalue weighted by molar-refractivity contribution is -0.0498. The van der Waals surface area contributed by atoms with E-state index in [2.05, 4.69) is 20.3 Å². The van der Waals surface area contributed by atoms with Gasteiger partial charge in [0.25, 0.3) is 5.91 Å². The quantitative estimate of drug-likeness (QED) is 0.848. The lowest BCUT2D eigenvalue weighted by Crippen LogP contribution is -2.27. The predicted octanol–water partition coefficient (Wildman–Crippen LogP) is 2.19. The van der Waals surface area contributed by atoms with Crippen LogP contribution in [0.4, 0.5) is 8.78 Å². The van der Waals surface area contributed by atoms with E-state index in [0.29, 0.717) is 19.0 Å². The largest absolute Gasteiger partial charge is 0.435 e. The van der Waals surface area contributed by atoms with Crippen molar-refractivity contribution >= 4 is 5.91 Å². The summed E-state index contributed by atoms with van der Waals surface area (Å²) in [6.07, 6.45) is 3.90. The van der Waals surface area contributed by atoms with Gasteiger partial charge in [-0.1, -0.05) is 6.07 Å². The third-order valence-corrected chi connectivity index (χ3v) is 3.55. The second-order valence-electron chi connectivity index (χ2n) is 5.32. The fraction of sp³-hybridized carbons (Fsp3) is 0.400. The zero-order valence-corrected chi connectivity index (χ0v) is 12.3. The van der Waals surface area contributed by atoms with Crippen molar-refractivity contribution < 1.29 is 18.3 Å². The minimum absolute atomic E-state index is 0.0394. The lowest BCUT2D eigenvalue weighted by atomic mass is 10.2. The number of aromatic nitrogens is 3. The van der Waals surface area contributed by atoms with Crippen molar-refractivity contribution in [2.75, 3.05) is 6.54 Å². The number of hydrogen-bond donors (Lipinski definition) is 1. The predicted molar refractivity (Wildman–Crippen MR) is 77.4 cm³/mol. The summed E-state index contributed by atoms with van der Waals surface area (Å²) in [6, 6.07) is 5.71. The molecule has 1 aromatic heterocycles. The first kappa shape index (κ1) is 15.4. The molecule has 8 heteroatoms. The van der Waals surface area contributed by atoms with Crippen LogP contribution >= 0.6 is 0 Å². The minimum atomic E-state index is -2.91. The van der Waals surface area contributed by atoms with E-state index < -0.39 is 6.61 Å². The summed E-state index contributed by atoms with van der Waals surface area (Å²) in [5, 5.41) is 10.7. The van der Waals surface area contributed by atoms with Gasteiger partial charge in [-0.15, -0.1) is 10.2 Å². The van der Waals surface area contributed by atoms with E-state index in [1.807, 2.05) is 4.57 Å². The zero-order chi connectivity index (χ0) is 16.2. The summed E-state index contributed by atoms with van der Waals surface area (Å²) < 4.78 is 30.6. The highest BCUT2D eigenvalue weighted by atomic mass is 19.3. The van der Waals surface area contributed by atoms with Crippen molar-refractivity contribution in [1.82, 2.24) is 20.1 Å². The number of nitrogens with zero attached hydrogens (tertiary/aromatic N) is 3. The number of carbonyl (C=O) groups excluding carboxylic acids is 1. The van der Waals surface area contributed by atoms with Crippen LogP contribution in [0.2, 0.25) is 0 Å². The van der Waals surface area contributed by atoms with Gasteiger partial charge in [-0.2, -0.15) is 8.78 Å². The summed E-state index contributed by atoms with van der Waals surface area (Å²) in [4.78, 5) is 12.0. The van der Waals surface area contributed by atoms with Gasteiger partial charge in [-0.25, -0.2) is 0 Å². The molecule has 0 radical (unpaired) electrons. The van der Waals surface area contributed by atoms with Gasteiger partial charge in [0.15, 0.2) is 0 Å².